The van der Waals surface area contributed by atoms with E-state index in [-0.39, 0.29) is 17.8 Å². The van der Waals surface area contributed by atoms with Crippen molar-refractivity contribution in [2.45, 2.75) is 25.8 Å². The Balaban J connectivity index is 1.55. The van der Waals surface area contributed by atoms with Gasteiger partial charge < -0.3 is 10.2 Å². The second-order valence-electron chi connectivity index (χ2n) is 6.40. The summed E-state index contributed by atoms with van der Waals surface area (Å²) < 4.78 is 15.3. The number of piperidine rings is 1. The maximum atomic E-state index is 13.6. The van der Waals surface area contributed by atoms with Gasteiger partial charge in [0.15, 0.2) is 10.8 Å². The van der Waals surface area contributed by atoms with Crippen molar-refractivity contribution in [3.05, 3.63) is 46.8 Å². The fourth-order valence-electron chi connectivity index (χ4n) is 3.08. The second kappa shape index (κ2) is 7.43. The van der Waals surface area contributed by atoms with Crippen molar-refractivity contribution >= 4 is 38.4 Å². The first-order valence-electron chi connectivity index (χ1n) is 8.77. The molecule has 1 N–H and O–H groups in total. The molecule has 7 nitrogen and oxygen atoms in total. The SMILES string of the molecule is O=C(Cn1cnc2nc(N3CCCCC3)sc2c1=O)Nc1ccccc1F. The average Bonchev–Trinajstić information content (AvgIpc) is 3.12. The molecule has 1 fully saturated rings. The summed E-state index contributed by atoms with van der Waals surface area (Å²) in [5.74, 6) is -1.02. The molecule has 0 saturated carbocycles. The van der Waals surface area contributed by atoms with E-state index in [1.54, 1.807) is 6.07 Å². The third kappa shape index (κ3) is 3.68. The van der Waals surface area contributed by atoms with E-state index in [2.05, 4.69) is 20.2 Å². The van der Waals surface area contributed by atoms with Crippen LogP contribution < -0.4 is 15.8 Å². The van der Waals surface area contributed by atoms with Gasteiger partial charge in [-0.2, -0.15) is 4.98 Å². The number of rotatable bonds is 4. The van der Waals surface area contributed by atoms with Crippen LogP contribution in [0.4, 0.5) is 15.2 Å². The first kappa shape index (κ1) is 17.6. The quantitative estimate of drug-likeness (QED) is 0.744. The third-order valence-electron chi connectivity index (χ3n) is 4.46. The Kier molecular flexibility index (Phi) is 4.85. The molecule has 3 heterocycles. The molecule has 27 heavy (non-hydrogen) atoms. The number of nitrogens with one attached hydrogen (secondary N) is 1. The minimum atomic E-state index is -0.527. The average molecular weight is 387 g/mol. The van der Waals surface area contributed by atoms with Crippen LogP contribution in [-0.2, 0) is 11.3 Å². The smallest absolute Gasteiger partial charge is 0.273 e. The number of hydrogen-bond acceptors (Lipinski definition) is 6. The van der Waals surface area contributed by atoms with Crippen LogP contribution in [0.1, 0.15) is 19.3 Å². The molecule has 1 saturated heterocycles. The van der Waals surface area contributed by atoms with Crippen LogP contribution in [0.3, 0.4) is 0 Å². The van der Waals surface area contributed by atoms with Gasteiger partial charge in [0.2, 0.25) is 5.91 Å². The first-order valence-corrected chi connectivity index (χ1v) is 9.59. The zero-order valence-electron chi connectivity index (χ0n) is 14.5. The number of benzene rings is 1. The monoisotopic (exact) mass is 387 g/mol. The Bertz CT molecular complexity index is 1040. The maximum absolute atomic E-state index is 13.6. The van der Waals surface area contributed by atoms with Gasteiger partial charge in [0, 0.05) is 13.1 Å². The Labute approximate surface area is 158 Å². The van der Waals surface area contributed by atoms with Crippen LogP contribution in [0.25, 0.3) is 10.3 Å². The molecule has 0 unspecified atom stereocenters. The Morgan fingerprint density at radius 3 is 2.78 bits per heavy atom. The molecule has 3 aromatic rings. The lowest BCUT2D eigenvalue weighted by Gasteiger charge is -2.25. The number of carbonyl (C=O) groups excluding carboxylic acids is 1. The molecule has 9 heteroatoms. The minimum Gasteiger partial charge on any atom is -0.348 e. The molecule has 1 amide bonds. The van der Waals surface area contributed by atoms with Crippen molar-refractivity contribution in [1.29, 1.82) is 0 Å². The third-order valence-corrected chi connectivity index (χ3v) is 5.55. The summed E-state index contributed by atoms with van der Waals surface area (Å²) in [5, 5.41) is 3.26. The van der Waals surface area contributed by atoms with Crippen LogP contribution in [0.2, 0.25) is 0 Å². The number of thiazole rings is 1. The van der Waals surface area contributed by atoms with Gasteiger partial charge in [-0.15, -0.1) is 0 Å². The van der Waals surface area contributed by atoms with Crippen molar-refractivity contribution in [2.75, 3.05) is 23.3 Å². The van der Waals surface area contributed by atoms with Gasteiger partial charge in [0.05, 0.1) is 5.69 Å². The maximum Gasteiger partial charge on any atom is 0.273 e. The van der Waals surface area contributed by atoms with Crippen LogP contribution >= 0.6 is 11.3 Å². The lowest BCUT2D eigenvalue weighted by atomic mass is 10.1. The number of carbonyl (C=O) groups is 1. The van der Waals surface area contributed by atoms with E-state index < -0.39 is 11.7 Å². The predicted octanol–water partition coefficient (Wildman–Crippen LogP) is 2.62. The molecule has 1 aliphatic heterocycles. The molecule has 4 rings (SSSR count). The molecular formula is C18H18FN5O2S. The van der Waals surface area contributed by atoms with Gasteiger partial charge in [-0.25, -0.2) is 9.37 Å². The molecule has 2 aromatic heterocycles. The largest absolute Gasteiger partial charge is 0.348 e. The van der Waals surface area contributed by atoms with Crippen LogP contribution in [0.15, 0.2) is 35.4 Å². The predicted molar refractivity (Wildman–Crippen MR) is 103 cm³/mol. The van der Waals surface area contributed by atoms with E-state index in [4.69, 9.17) is 0 Å². The van der Waals surface area contributed by atoms with Gasteiger partial charge >= 0.3 is 0 Å². The number of halogens is 1. The fraction of sp³-hybridized carbons (Fsp3) is 0.333. The Morgan fingerprint density at radius 2 is 2.00 bits per heavy atom. The fourth-order valence-corrected chi connectivity index (χ4v) is 4.10. The van der Waals surface area contributed by atoms with Gasteiger partial charge in [-0.3, -0.25) is 14.2 Å². The van der Waals surface area contributed by atoms with Crippen molar-refractivity contribution in [2.24, 2.45) is 0 Å². The lowest BCUT2D eigenvalue weighted by Crippen LogP contribution is -2.29. The molecule has 0 spiro atoms. The summed E-state index contributed by atoms with van der Waals surface area (Å²) in [6, 6.07) is 5.88. The van der Waals surface area contributed by atoms with Gasteiger partial charge in [-0.05, 0) is 31.4 Å². The van der Waals surface area contributed by atoms with E-state index in [0.29, 0.717) is 10.3 Å². The summed E-state index contributed by atoms with van der Waals surface area (Å²) in [6.07, 6.45) is 4.75. The topological polar surface area (TPSA) is 80.1 Å². The van der Waals surface area contributed by atoms with E-state index in [0.717, 1.165) is 31.1 Å². The normalized spacial score (nSPS) is 14.5. The summed E-state index contributed by atoms with van der Waals surface area (Å²) in [4.78, 5) is 35.7. The van der Waals surface area contributed by atoms with Crippen molar-refractivity contribution in [3.8, 4) is 0 Å². The standard InChI is InChI=1S/C18H18FN5O2S/c19-12-6-2-3-7-13(12)21-14(25)10-24-11-20-16-15(17(24)26)27-18(22-16)23-8-4-1-5-9-23/h2-3,6-7,11H,1,4-5,8-10H2,(H,21,25). The van der Waals surface area contributed by atoms with E-state index in [1.807, 2.05) is 0 Å². The minimum absolute atomic E-state index is 0.0785. The summed E-state index contributed by atoms with van der Waals surface area (Å²) in [7, 11) is 0. The van der Waals surface area contributed by atoms with Crippen molar-refractivity contribution in [1.82, 2.24) is 14.5 Å². The summed E-state index contributed by atoms with van der Waals surface area (Å²) in [5.41, 5.74) is 0.163. The van der Waals surface area contributed by atoms with Crippen LogP contribution in [0.5, 0.6) is 0 Å². The van der Waals surface area contributed by atoms with Gasteiger partial charge in [-0.1, -0.05) is 23.5 Å². The van der Waals surface area contributed by atoms with Crippen molar-refractivity contribution < 1.29 is 9.18 Å². The summed E-state index contributed by atoms with van der Waals surface area (Å²) >= 11 is 1.31. The molecule has 140 valence electrons. The number of hydrogen-bond donors (Lipinski definition) is 1. The van der Waals surface area contributed by atoms with Crippen LogP contribution in [0, 0.1) is 5.82 Å². The molecular weight excluding hydrogens is 369 g/mol. The molecule has 1 aliphatic rings. The van der Waals surface area contributed by atoms with E-state index in [1.165, 1.54) is 46.9 Å². The second-order valence-corrected chi connectivity index (χ2v) is 7.38. The zero-order valence-corrected chi connectivity index (χ0v) is 15.3. The number of para-hydroxylation sites is 1. The van der Waals surface area contributed by atoms with E-state index >= 15 is 0 Å². The lowest BCUT2D eigenvalue weighted by molar-refractivity contribution is -0.116. The zero-order chi connectivity index (χ0) is 18.8. The number of amides is 1. The number of fused-ring (bicyclic) bond motifs is 1. The molecule has 0 bridgehead atoms. The molecule has 0 atom stereocenters. The highest BCUT2D eigenvalue weighted by atomic mass is 32.1. The number of aromatic nitrogens is 3. The number of nitrogens with zero attached hydrogens (tertiary/aromatic N) is 4. The van der Waals surface area contributed by atoms with Crippen LogP contribution in [-0.4, -0.2) is 33.5 Å². The first-order chi connectivity index (χ1) is 13.1. The van der Waals surface area contributed by atoms with Gasteiger partial charge in [0.1, 0.15) is 23.4 Å². The highest BCUT2D eigenvalue weighted by Gasteiger charge is 2.18. The van der Waals surface area contributed by atoms with Gasteiger partial charge in [0.25, 0.3) is 5.56 Å². The van der Waals surface area contributed by atoms with E-state index in [9.17, 15) is 14.0 Å². The Morgan fingerprint density at radius 1 is 1.22 bits per heavy atom. The summed E-state index contributed by atoms with van der Waals surface area (Å²) in [6.45, 7) is 1.62. The van der Waals surface area contributed by atoms with Crippen molar-refractivity contribution in [3.63, 3.8) is 0 Å². The highest BCUT2D eigenvalue weighted by molar-refractivity contribution is 7.22. The molecule has 1 aromatic carbocycles. The number of anilines is 2. The Hall–Kier alpha value is -2.81. The molecule has 0 aliphatic carbocycles. The molecule has 0 radical (unpaired) electrons. The highest BCUT2D eigenvalue weighted by Crippen LogP contribution is 2.27.